The average molecular weight is 535 g/mol. The van der Waals surface area contributed by atoms with E-state index in [1.165, 1.54) is 20.0 Å². The second-order valence-corrected chi connectivity index (χ2v) is 11.1. The molecule has 0 spiro atoms. The van der Waals surface area contributed by atoms with Crippen LogP contribution in [0.5, 0.6) is 5.75 Å². The lowest BCUT2D eigenvalue weighted by Gasteiger charge is -2.24. The summed E-state index contributed by atoms with van der Waals surface area (Å²) in [5, 5.41) is 10.7. The molecule has 0 amide bonds. The maximum atomic E-state index is 13.7. The number of hydrogen-bond donors (Lipinski definition) is 2. The molecule has 2 unspecified atom stereocenters. The third-order valence-corrected chi connectivity index (χ3v) is 7.61. The summed E-state index contributed by atoms with van der Waals surface area (Å²) in [7, 11) is -4.00. The van der Waals surface area contributed by atoms with Crippen LogP contribution in [-0.4, -0.2) is 57.7 Å². The molecule has 0 saturated carbocycles. The van der Waals surface area contributed by atoms with Gasteiger partial charge in [-0.15, -0.1) is 0 Å². The van der Waals surface area contributed by atoms with E-state index in [4.69, 9.17) is 25.1 Å². The molecule has 1 aromatic carbocycles. The number of ether oxygens (including phenoxy) is 2. The van der Waals surface area contributed by atoms with Crippen LogP contribution in [0.3, 0.4) is 0 Å². The van der Waals surface area contributed by atoms with Crippen LogP contribution in [0.1, 0.15) is 32.6 Å². The molecule has 1 fully saturated rings. The number of esters is 1. The molecule has 0 aliphatic carbocycles. The molecule has 1 aliphatic heterocycles. The van der Waals surface area contributed by atoms with Crippen molar-refractivity contribution in [3.8, 4) is 5.75 Å². The van der Waals surface area contributed by atoms with E-state index >= 15 is 0 Å². The fourth-order valence-electron chi connectivity index (χ4n) is 3.72. The standard InChI is InChI=1S/C24H30N3O9P/c1-14(2)34-23(30)16(4)13-37(32,36-17-9-7-6-8-10-17)33-12-18-20(28)19(25-5)22(35-18)27-11-15(3)21(29)26-24(27)31/h6-11,14,16,18-20,22,28H,12-13H2,1-4H3,(H,26,29,31)/t16-,18+,19-,20?,22+,37?/m1/s1. The summed E-state index contributed by atoms with van der Waals surface area (Å²) in [6.45, 7) is 13.4. The van der Waals surface area contributed by atoms with Gasteiger partial charge in [0, 0.05) is 11.8 Å². The van der Waals surface area contributed by atoms with E-state index in [0.29, 0.717) is 0 Å². The molecule has 0 radical (unpaired) electrons. The Labute approximate surface area is 213 Å². The van der Waals surface area contributed by atoms with Crippen molar-refractivity contribution in [1.82, 2.24) is 9.55 Å². The highest BCUT2D eigenvalue weighted by atomic mass is 31.2. The van der Waals surface area contributed by atoms with Crippen molar-refractivity contribution in [3.05, 3.63) is 74.3 Å². The van der Waals surface area contributed by atoms with Gasteiger partial charge in [-0.25, -0.2) is 15.9 Å². The van der Waals surface area contributed by atoms with E-state index in [9.17, 15) is 24.1 Å². The first-order chi connectivity index (χ1) is 17.4. The fourth-order valence-corrected chi connectivity index (χ4v) is 5.59. The molecule has 2 N–H and O–H groups in total. The highest BCUT2D eigenvalue weighted by Gasteiger charge is 2.51. The van der Waals surface area contributed by atoms with Gasteiger partial charge >= 0.3 is 19.3 Å². The molecule has 200 valence electrons. The summed E-state index contributed by atoms with van der Waals surface area (Å²) in [6, 6.07) is 7.04. The highest BCUT2D eigenvalue weighted by Crippen LogP contribution is 2.50. The Morgan fingerprint density at radius 2 is 1.95 bits per heavy atom. The van der Waals surface area contributed by atoms with Crippen LogP contribution < -0.4 is 15.8 Å². The van der Waals surface area contributed by atoms with Crippen LogP contribution in [0.25, 0.3) is 4.85 Å². The summed E-state index contributed by atoms with van der Waals surface area (Å²) >= 11 is 0. The topological polar surface area (TPSA) is 151 Å². The molecular weight excluding hydrogens is 505 g/mol. The zero-order valence-electron chi connectivity index (χ0n) is 20.9. The van der Waals surface area contributed by atoms with Crippen molar-refractivity contribution < 1.29 is 33.0 Å². The first-order valence-corrected chi connectivity index (χ1v) is 13.4. The number of hydrogen-bond acceptors (Lipinski definition) is 9. The predicted molar refractivity (Wildman–Crippen MR) is 132 cm³/mol. The maximum Gasteiger partial charge on any atom is 0.380 e. The molecule has 1 aliphatic rings. The monoisotopic (exact) mass is 535 g/mol. The molecule has 1 aromatic heterocycles. The minimum atomic E-state index is -4.00. The summed E-state index contributed by atoms with van der Waals surface area (Å²) in [4.78, 5) is 41.9. The van der Waals surface area contributed by atoms with E-state index in [1.807, 2.05) is 0 Å². The molecule has 2 aromatic rings. The lowest BCUT2D eigenvalue weighted by molar-refractivity contribution is -0.151. The van der Waals surface area contributed by atoms with Crippen molar-refractivity contribution in [3.63, 3.8) is 0 Å². The molecule has 0 bridgehead atoms. The van der Waals surface area contributed by atoms with Crippen molar-refractivity contribution in [2.75, 3.05) is 12.8 Å². The van der Waals surface area contributed by atoms with Crippen molar-refractivity contribution >= 4 is 13.6 Å². The van der Waals surface area contributed by atoms with Gasteiger partial charge in [0.05, 0.1) is 24.8 Å². The molecule has 1 saturated heterocycles. The van der Waals surface area contributed by atoms with E-state index < -0.39 is 61.8 Å². The molecule has 6 atom stereocenters. The number of aliphatic hydroxyl groups excluding tert-OH is 1. The quantitative estimate of drug-likeness (QED) is 0.265. The van der Waals surface area contributed by atoms with Gasteiger partial charge in [0.15, 0.2) is 6.10 Å². The van der Waals surface area contributed by atoms with Crippen molar-refractivity contribution in [2.24, 2.45) is 5.92 Å². The Morgan fingerprint density at radius 1 is 1.27 bits per heavy atom. The molecule has 2 heterocycles. The largest absolute Gasteiger partial charge is 0.463 e. The van der Waals surface area contributed by atoms with Gasteiger partial charge < -0.3 is 23.9 Å². The SMILES string of the molecule is [C-]#[N+][C@@H]1C(O)[C@H](COP(=O)(C[C@@H](C)C(=O)OC(C)C)Oc2ccccc2)O[C@@H]1n1cc(C)c(=O)[nH]c1=O. The maximum absolute atomic E-state index is 13.7. The van der Waals surface area contributed by atoms with Gasteiger partial charge in [0.25, 0.3) is 11.6 Å². The number of aromatic amines is 1. The number of benzene rings is 1. The number of rotatable bonds is 10. The smallest absolute Gasteiger partial charge is 0.380 e. The van der Waals surface area contributed by atoms with Gasteiger partial charge in [-0.1, -0.05) is 25.1 Å². The van der Waals surface area contributed by atoms with Crippen LogP contribution in [0, 0.1) is 19.4 Å². The molecule has 12 nitrogen and oxygen atoms in total. The van der Waals surface area contributed by atoms with Gasteiger partial charge in [-0.3, -0.25) is 23.7 Å². The number of para-hydroxylation sites is 1. The summed E-state index contributed by atoms with van der Waals surface area (Å²) in [6.07, 6.45) is -3.23. The first-order valence-electron chi connectivity index (χ1n) is 11.6. The second-order valence-electron chi connectivity index (χ2n) is 9.03. The van der Waals surface area contributed by atoms with Crippen molar-refractivity contribution in [1.29, 1.82) is 0 Å². The van der Waals surface area contributed by atoms with Crippen LogP contribution in [0.15, 0.2) is 46.1 Å². The lowest BCUT2D eigenvalue weighted by Crippen LogP contribution is -2.37. The Balaban J connectivity index is 1.81. The van der Waals surface area contributed by atoms with Gasteiger partial charge in [-0.05, 0) is 32.9 Å². The zero-order chi connectivity index (χ0) is 27.3. The number of carbonyl (C=O) groups excluding carboxylic acids is 1. The number of H-pyrrole nitrogens is 1. The summed E-state index contributed by atoms with van der Waals surface area (Å²) in [5.74, 6) is -1.17. The number of nitrogens with one attached hydrogen (secondary N) is 1. The molecular formula is C24H30N3O9P. The van der Waals surface area contributed by atoms with Crippen LogP contribution in [0.4, 0.5) is 0 Å². The third-order valence-electron chi connectivity index (χ3n) is 5.58. The number of aromatic nitrogens is 2. The predicted octanol–water partition coefficient (Wildman–Crippen LogP) is 2.27. The number of aliphatic hydroxyl groups is 1. The normalized spacial score (nSPS) is 23.7. The van der Waals surface area contributed by atoms with E-state index in [1.54, 1.807) is 44.2 Å². The fraction of sp³-hybridized carbons (Fsp3) is 0.500. The van der Waals surface area contributed by atoms with Gasteiger partial charge in [0.1, 0.15) is 11.9 Å². The van der Waals surface area contributed by atoms with Crippen LogP contribution in [-0.2, 0) is 23.4 Å². The minimum absolute atomic E-state index is 0.212. The minimum Gasteiger partial charge on any atom is -0.463 e. The highest BCUT2D eigenvalue weighted by molar-refractivity contribution is 7.54. The Morgan fingerprint density at radius 3 is 2.57 bits per heavy atom. The number of aryl methyl sites for hydroxylation is 1. The Kier molecular flexibility index (Phi) is 9.10. The third kappa shape index (κ3) is 6.96. The Bertz CT molecular complexity index is 1300. The summed E-state index contributed by atoms with van der Waals surface area (Å²) in [5.41, 5.74) is -1.18. The number of nitrogens with zero attached hydrogens (tertiary/aromatic N) is 2. The van der Waals surface area contributed by atoms with Crippen LogP contribution >= 0.6 is 7.60 Å². The van der Waals surface area contributed by atoms with Crippen LogP contribution in [0.2, 0.25) is 0 Å². The summed E-state index contributed by atoms with van der Waals surface area (Å²) < 4.78 is 37.1. The molecule has 37 heavy (non-hydrogen) atoms. The van der Waals surface area contributed by atoms with Gasteiger partial charge in [0.2, 0.25) is 6.23 Å². The molecule has 13 heteroatoms. The lowest BCUT2D eigenvalue weighted by atomic mass is 10.1. The average Bonchev–Trinajstić information content (AvgIpc) is 3.15. The van der Waals surface area contributed by atoms with E-state index in [0.717, 1.165) is 4.57 Å². The first kappa shape index (κ1) is 28.3. The second kappa shape index (κ2) is 11.9. The number of carbonyl (C=O) groups is 1. The Hall–Kier alpha value is -3.23. The van der Waals surface area contributed by atoms with Gasteiger partial charge in [-0.2, -0.15) is 0 Å². The van der Waals surface area contributed by atoms with Crippen molar-refractivity contribution in [2.45, 2.75) is 58.3 Å². The van der Waals surface area contributed by atoms with E-state index in [2.05, 4.69) is 9.83 Å². The zero-order valence-corrected chi connectivity index (χ0v) is 21.8. The van der Waals surface area contributed by atoms with E-state index in [-0.39, 0.29) is 23.6 Å². The molecule has 3 rings (SSSR count).